The molecule has 204 valence electrons. The zero-order valence-electron chi connectivity index (χ0n) is 22.5. The fraction of sp³-hybridized carbons (Fsp3) is 0.300. The van der Waals surface area contributed by atoms with Gasteiger partial charge in [-0.05, 0) is 47.9 Å². The summed E-state index contributed by atoms with van der Waals surface area (Å²) in [5.41, 5.74) is 3.46. The lowest BCUT2D eigenvalue weighted by Crippen LogP contribution is -2.46. The maximum Gasteiger partial charge on any atom is 0.409 e. The molecule has 0 saturated heterocycles. The van der Waals surface area contributed by atoms with Gasteiger partial charge in [0.25, 0.3) is 5.91 Å². The molecule has 1 aliphatic heterocycles. The van der Waals surface area contributed by atoms with Crippen LogP contribution in [0.1, 0.15) is 28.9 Å². The third-order valence-corrected chi connectivity index (χ3v) is 7.71. The van der Waals surface area contributed by atoms with Crippen LogP contribution in [0.25, 0.3) is 0 Å². The summed E-state index contributed by atoms with van der Waals surface area (Å²) in [6, 6.07) is 22.7. The molecule has 0 unspecified atom stereocenters. The molecular formula is C30H32N2O6S. The predicted molar refractivity (Wildman–Crippen MR) is 150 cm³/mol. The number of nitrogens with zero attached hydrogens (tertiary/aromatic N) is 2. The number of methoxy groups -OCH3 is 1. The van der Waals surface area contributed by atoms with Crippen molar-refractivity contribution in [2.24, 2.45) is 0 Å². The highest BCUT2D eigenvalue weighted by Crippen LogP contribution is 2.47. The van der Waals surface area contributed by atoms with Crippen molar-refractivity contribution in [3.63, 3.8) is 0 Å². The number of aryl methyl sites for hydroxylation is 1. The van der Waals surface area contributed by atoms with Crippen molar-refractivity contribution in [3.05, 3.63) is 89.5 Å². The fourth-order valence-corrected chi connectivity index (χ4v) is 5.68. The fourth-order valence-electron chi connectivity index (χ4n) is 4.27. The molecule has 0 radical (unpaired) electrons. The average molecular weight is 549 g/mol. The Labute approximate surface area is 232 Å². The Hall–Kier alpha value is -3.98. The third-order valence-electron chi connectivity index (χ3n) is 6.36. The van der Waals surface area contributed by atoms with Crippen molar-refractivity contribution in [2.45, 2.75) is 36.7 Å². The van der Waals surface area contributed by atoms with Crippen LogP contribution >= 0.6 is 11.8 Å². The highest BCUT2D eigenvalue weighted by Gasteiger charge is 2.41. The first-order chi connectivity index (χ1) is 18.8. The van der Waals surface area contributed by atoms with E-state index in [-0.39, 0.29) is 25.6 Å². The maximum atomic E-state index is 14.0. The second-order valence-corrected chi connectivity index (χ2v) is 10.4. The molecule has 2 atom stereocenters. The number of esters is 1. The van der Waals surface area contributed by atoms with Gasteiger partial charge in [-0.2, -0.15) is 0 Å². The lowest BCUT2D eigenvalue weighted by atomic mass is 10.1. The van der Waals surface area contributed by atoms with Gasteiger partial charge in [0, 0.05) is 32.0 Å². The van der Waals surface area contributed by atoms with E-state index < -0.39 is 23.4 Å². The third kappa shape index (κ3) is 6.92. The van der Waals surface area contributed by atoms with Crippen molar-refractivity contribution >= 4 is 35.4 Å². The molecule has 0 aromatic heterocycles. The topological polar surface area (TPSA) is 85.4 Å². The van der Waals surface area contributed by atoms with E-state index in [9.17, 15) is 14.4 Å². The Morgan fingerprint density at radius 3 is 2.41 bits per heavy atom. The summed E-state index contributed by atoms with van der Waals surface area (Å²) >= 11 is 1.48. The predicted octanol–water partition coefficient (Wildman–Crippen LogP) is 5.38. The lowest BCUT2D eigenvalue weighted by molar-refractivity contribution is -0.152. The Morgan fingerprint density at radius 1 is 1.03 bits per heavy atom. The smallest absolute Gasteiger partial charge is 0.409 e. The monoisotopic (exact) mass is 548 g/mol. The van der Waals surface area contributed by atoms with Crippen molar-refractivity contribution in [3.8, 4) is 5.75 Å². The Bertz CT molecular complexity index is 1310. The molecule has 4 rings (SSSR count). The Kier molecular flexibility index (Phi) is 9.14. The minimum Gasteiger partial charge on any atom is -0.497 e. The van der Waals surface area contributed by atoms with Gasteiger partial charge in [-0.15, -0.1) is 11.8 Å². The zero-order valence-corrected chi connectivity index (χ0v) is 23.3. The van der Waals surface area contributed by atoms with Crippen LogP contribution in [-0.2, 0) is 25.7 Å². The SMILES string of the molecule is COc1ccc([C@@H]2Sc3cc(C)ccc3N(CCN(C)C(=O)OCc3ccccc3)C(=O)[C@@H]2OC(C)=O)cc1. The normalized spacial score (nSPS) is 16.6. The summed E-state index contributed by atoms with van der Waals surface area (Å²) in [5, 5.41) is -0.480. The minimum atomic E-state index is -1.07. The van der Waals surface area contributed by atoms with E-state index in [0.717, 1.165) is 21.6 Å². The van der Waals surface area contributed by atoms with E-state index in [1.54, 1.807) is 19.1 Å². The molecule has 0 aliphatic carbocycles. The van der Waals surface area contributed by atoms with Crippen LogP contribution in [-0.4, -0.2) is 56.2 Å². The van der Waals surface area contributed by atoms with E-state index in [1.165, 1.54) is 23.6 Å². The van der Waals surface area contributed by atoms with Crippen LogP contribution < -0.4 is 9.64 Å². The van der Waals surface area contributed by atoms with E-state index in [0.29, 0.717) is 11.4 Å². The molecule has 1 heterocycles. The zero-order chi connectivity index (χ0) is 27.9. The molecule has 9 heteroatoms. The number of fused-ring (bicyclic) bond motifs is 1. The number of carbonyl (C=O) groups excluding carboxylic acids is 3. The molecule has 3 aromatic carbocycles. The largest absolute Gasteiger partial charge is 0.497 e. The summed E-state index contributed by atoms with van der Waals surface area (Å²) in [4.78, 5) is 42.7. The van der Waals surface area contributed by atoms with Gasteiger partial charge in [-0.1, -0.05) is 48.5 Å². The first kappa shape index (κ1) is 28.0. The number of hydrogen-bond acceptors (Lipinski definition) is 7. The van der Waals surface area contributed by atoms with Crippen LogP contribution in [0.5, 0.6) is 5.75 Å². The van der Waals surface area contributed by atoms with Crippen LogP contribution in [0.3, 0.4) is 0 Å². The summed E-state index contributed by atoms with van der Waals surface area (Å²) in [6.45, 7) is 3.85. The molecule has 0 fully saturated rings. The van der Waals surface area contributed by atoms with Gasteiger partial charge in [0.15, 0.2) is 6.10 Å². The number of thioether (sulfide) groups is 1. The average Bonchev–Trinajstić information content (AvgIpc) is 3.04. The van der Waals surface area contributed by atoms with E-state index in [1.807, 2.05) is 79.7 Å². The van der Waals surface area contributed by atoms with Crippen LogP contribution in [0.4, 0.5) is 10.5 Å². The molecule has 0 bridgehead atoms. The molecule has 0 spiro atoms. The molecule has 8 nitrogen and oxygen atoms in total. The van der Waals surface area contributed by atoms with Crippen molar-refractivity contribution < 1.29 is 28.6 Å². The van der Waals surface area contributed by atoms with Crippen LogP contribution in [0, 0.1) is 6.92 Å². The minimum absolute atomic E-state index is 0.156. The number of likely N-dealkylation sites (N-methyl/N-ethyl adjacent to an activating group) is 1. The Morgan fingerprint density at radius 2 is 1.74 bits per heavy atom. The van der Waals surface area contributed by atoms with Crippen molar-refractivity contribution in [2.75, 3.05) is 32.1 Å². The molecule has 3 aromatic rings. The number of carbonyl (C=O) groups is 3. The van der Waals surface area contributed by atoms with Gasteiger partial charge in [-0.25, -0.2) is 4.79 Å². The summed E-state index contributed by atoms with van der Waals surface area (Å²) in [5.74, 6) is -0.212. The summed E-state index contributed by atoms with van der Waals surface area (Å²) in [6.07, 6.45) is -1.56. The molecular weight excluding hydrogens is 516 g/mol. The Balaban J connectivity index is 1.58. The quantitative estimate of drug-likeness (QED) is 0.349. The van der Waals surface area contributed by atoms with E-state index in [4.69, 9.17) is 14.2 Å². The van der Waals surface area contributed by atoms with Gasteiger partial charge in [0.1, 0.15) is 12.4 Å². The van der Waals surface area contributed by atoms with Crippen molar-refractivity contribution in [1.29, 1.82) is 0 Å². The van der Waals surface area contributed by atoms with Gasteiger partial charge in [-0.3, -0.25) is 9.59 Å². The number of hydrogen-bond donors (Lipinski definition) is 0. The molecule has 0 saturated carbocycles. The number of amides is 2. The van der Waals surface area contributed by atoms with Crippen LogP contribution in [0.2, 0.25) is 0 Å². The molecule has 39 heavy (non-hydrogen) atoms. The van der Waals surface area contributed by atoms with Crippen LogP contribution in [0.15, 0.2) is 77.7 Å². The summed E-state index contributed by atoms with van der Waals surface area (Å²) in [7, 11) is 3.22. The lowest BCUT2D eigenvalue weighted by Gasteiger charge is -2.29. The highest BCUT2D eigenvalue weighted by atomic mass is 32.2. The second-order valence-electron chi connectivity index (χ2n) is 9.26. The standard InChI is InChI=1S/C30H32N2O6S/c1-20-10-15-25-26(18-20)39-28(23-11-13-24(36-4)14-12-23)27(38-21(2)33)29(34)32(25)17-16-31(3)30(35)37-19-22-8-6-5-7-9-22/h5-15,18,27-28H,16-17,19H2,1-4H3/t27-,28+/m1/s1. The maximum absolute atomic E-state index is 14.0. The number of benzene rings is 3. The molecule has 0 N–H and O–H groups in total. The summed E-state index contributed by atoms with van der Waals surface area (Å²) < 4.78 is 16.4. The van der Waals surface area contributed by atoms with Crippen molar-refractivity contribution in [1.82, 2.24) is 4.90 Å². The van der Waals surface area contributed by atoms with Gasteiger partial charge in [0.2, 0.25) is 0 Å². The first-order valence-electron chi connectivity index (χ1n) is 12.6. The van der Waals surface area contributed by atoms with Gasteiger partial charge in [0.05, 0.1) is 18.0 Å². The van der Waals surface area contributed by atoms with Gasteiger partial charge >= 0.3 is 12.1 Å². The number of anilines is 1. The van der Waals surface area contributed by atoms with E-state index >= 15 is 0 Å². The molecule has 2 amide bonds. The molecule has 1 aliphatic rings. The van der Waals surface area contributed by atoms with E-state index in [2.05, 4.69) is 0 Å². The number of rotatable bonds is 8. The second kappa shape index (κ2) is 12.7. The van der Waals surface area contributed by atoms with Gasteiger partial charge < -0.3 is 24.0 Å². The highest BCUT2D eigenvalue weighted by molar-refractivity contribution is 7.99. The number of ether oxygens (including phenoxy) is 3. The first-order valence-corrected chi connectivity index (χ1v) is 13.5.